The quantitative estimate of drug-likeness (QED) is 0.144. The van der Waals surface area contributed by atoms with Crippen molar-refractivity contribution < 1.29 is 43.2 Å². The van der Waals surface area contributed by atoms with Gasteiger partial charge >= 0.3 is 23.9 Å². The van der Waals surface area contributed by atoms with Gasteiger partial charge in [0.25, 0.3) is 0 Å². The molecular weight excluding hydrogens is 721 g/mol. The third-order valence-electron chi connectivity index (χ3n) is 14.9. The number of rotatable bonds is 13. The van der Waals surface area contributed by atoms with Crippen LogP contribution in [0.4, 0.5) is 0 Å². The molecule has 16 atom stereocenters. The topological polar surface area (TPSA) is 125 Å². The lowest BCUT2D eigenvalue weighted by atomic mass is 9.55. The Labute approximate surface area is 341 Å². The van der Waals surface area contributed by atoms with Gasteiger partial charge in [-0.2, -0.15) is 0 Å². The first-order valence-electron chi connectivity index (χ1n) is 22.4. The Kier molecular flexibility index (Phi) is 14.0. The fourth-order valence-electron chi connectivity index (χ4n) is 11.2. The van der Waals surface area contributed by atoms with Crippen molar-refractivity contribution in [3.05, 3.63) is 47.6 Å². The Hall–Kier alpha value is -3.20. The Balaban J connectivity index is 1.13. The molecule has 0 amide bonds. The summed E-state index contributed by atoms with van der Waals surface area (Å²) in [7, 11) is 0. The minimum Gasteiger partial charge on any atom is -0.462 e. The van der Waals surface area contributed by atoms with Crippen molar-refractivity contribution in [3.63, 3.8) is 0 Å². The highest BCUT2D eigenvalue weighted by Crippen LogP contribution is 2.54. The highest BCUT2D eigenvalue weighted by atomic mass is 16.6. The first-order valence-corrected chi connectivity index (χ1v) is 22.4. The molecule has 0 aromatic heterocycles. The van der Waals surface area contributed by atoms with Gasteiger partial charge in [0.05, 0.1) is 30.3 Å². The molecule has 1 N–H and O–H groups in total. The van der Waals surface area contributed by atoms with Gasteiger partial charge in [0.1, 0.15) is 24.4 Å². The van der Waals surface area contributed by atoms with Crippen molar-refractivity contribution in [1.82, 2.24) is 0 Å². The Morgan fingerprint density at radius 1 is 0.789 bits per heavy atom. The van der Waals surface area contributed by atoms with E-state index in [2.05, 4.69) is 78.0 Å². The van der Waals surface area contributed by atoms with Gasteiger partial charge in [0.2, 0.25) is 0 Å². The molecule has 8 unspecified atom stereocenters. The summed E-state index contributed by atoms with van der Waals surface area (Å²) < 4.78 is 24.2. The molecule has 6 aliphatic rings. The Morgan fingerprint density at radius 3 is 1.95 bits per heavy atom. The third kappa shape index (κ3) is 9.82. The largest absolute Gasteiger partial charge is 0.462 e. The van der Waals surface area contributed by atoms with E-state index in [1.165, 1.54) is 11.1 Å². The molecule has 0 spiro atoms. The average molecular weight is 791 g/mol. The second-order valence-corrected chi connectivity index (χ2v) is 19.2. The van der Waals surface area contributed by atoms with E-state index in [0.717, 1.165) is 32.1 Å². The van der Waals surface area contributed by atoms with Crippen molar-refractivity contribution in [2.45, 2.75) is 163 Å². The first kappa shape index (κ1) is 43.4. The number of carbonyl (C=O) groups is 4. The minimum absolute atomic E-state index is 0.0249. The van der Waals surface area contributed by atoms with E-state index in [1.807, 2.05) is 13.8 Å². The second-order valence-electron chi connectivity index (χ2n) is 19.2. The summed E-state index contributed by atoms with van der Waals surface area (Å²) in [6.45, 7) is 16.9. The fraction of sp³-hybridized carbons (Fsp3) is 0.750. The van der Waals surface area contributed by atoms with Crippen LogP contribution < -0.4 is 0 Å². The lowest BCUT2D eigenvalue weighted by molar-refractivity contribution is -0.180. The number of fused-ring (bicyclic) bond motifs is 2. The molecule has 9 heteroatoms. The van der Waals surface area contributed by atoms with Crippen LogP contribution in [-0.2, 0) is 38.1 Å². The van der Waals surface area contributed by atoms with Crippen LogP contribution in [0, 0.1) is 64.6 Å². The van der Waals surface area contributed by atoms with Crippen molar-refractivity contribution in [3.8, 4) is 0 Å². The smallest absolute Gasteiger partial charge is 0.312 e. The molecule has 316 valence electrons. The summed E-state index contributed by atoms with van der Waals surface area (Å²) in [4.78, 5) is 52.9. The van der Waals surface area contributed by atoms with E-state index < -0.39 is 17.6 Å². The van der Waals surface area contributed by atoms with Crippen molar-refractivity contribution in [2.24, 2.45) is 64.6 Å². The maximum absolute atomic E-state index is 14.6. The van der Waals surface area contributed by atoms with Crippen LogP contribution in [-0.4, -0.2) is 59.5 Å². The molecule has 2 fully saturated rings. The zero-order valence-electron chi connectivity index (χ0n) is 35.8. The number of esters is 4. The molecule has 2 heterocycles. The van der Waals surface area contributed by atoms with Gasteiger partial charge in [-0.1, -0.05) is 84.9 Å². The van der Waals surface area contributed by atoms with Gasteiger partial charge in [-0.3, -0.25) is 19.2 Å². The molecule has 6 rings (SSSR count). The summed E-state index contributed by atoms with van der Waals surface area (Å²) in [5.41, 5.74) is 1.73. The van der Waals surface area contributed by atoms with Gasteiger partial charge in [-0.05, 0) is 117 Å². The highest BCUT2D eigenvalue weighted by Gasteiger charge is 2.52. The molecular formula is C48H70O9. The van der Waals surface area contributed by atoms with Crippen LogP contribution in [0.5, 0.6) is 0 Å². The molecule has 9 nitrogen and oxygen atoms in total. The molecule has 57 heavy (non-hydrogen) atoms. The Morgan fingerprint density at radius 2 is 1.35 bits per heavy atom. The zero-order chi connectivity index (χ0) is 41.2. The average Bonchev–Trinajstić information content (AvgIpc) is 3.15. The lowest BCUT2D eigenvalue weighted by Crippen LogP contribution is -2.48. The number of allylic oxidation sites excluding steroid dienone is 7. The van der Waals surface area contributed by atoms with Gasteiger partial charge in [-0.15, -0.1) is 0 Å². The summed E-state index contributed by atoms with van der Waals surface area (Å²) in [6, 6.07) is 0. The summed E-state index contributed by atoms with van der Waals surface area (Å²) in [5.74, 6) is 0.672. The molecule has 2 saturated heterocycles. The molecule has 2 aliphatic heterocycles. The van der Waals surface area contributed by atoms with Crippen LogP contribution in [0.1, 0.15) is 132 Å². The number of aliphatic hydroxyl groups is 1. The first-order chi connectivity index (χ1) is 27.1. The molecule has 0 bridgehead atoms. The maximum Gasteiger partial charge on any atom is 0.312 e. The van der Waals surface area contributed by atoms with Crippen LogP contribution in [0.2, 0.25) is 0 Å². The van der Waals surface area contributed by atoms with E-state index >= 15 is 0 Å². The molecule has 0 saturated carbocycles. The van der Waals surface area contributed by atoms with Crippen LogP contribution in [0.3, 0.4) is 0 Å². The van der Waals surface area contributed by atoms with Crippen LogP contribution in [0.25, 0.3) is 0 Å². The third-order valence-corrected chi connectivity index (χ3v) is 14.9. The molecule has 4 aliphatic carbocycles. The summed E-state index contributed by atoms with van der Waals surface area (Å²) in [6.07, 6.45) is 18.6. The highest BCUT2D eigenvalue weighted by molar-refractivity contribution is 5.78. The van der Waals surface area contributed by atoms with Gasteiger partial charge < -0.3 is 24.1 Å². The van der Waals surface area contributed by atoms with E-state index in [1.54, 1.807) is 0 Å². The van der Waals surface area contributed by atoms with Gasteiger partial charge in [-0.25, -0.2) is 0 Å². The maximum atomic E-state index is 14.6. The van der Waals surface area contributed by atoms with E-state index in [9.17, 15) is 24.3 Å². The standard InChI is InChI=1S/C48H70O9/c1-9-29(5)46(52)57-41-22-28(4)20-33-14-12-31(7)39(45(33)41)18-16-36-25-37(26-43(51)55-36)56-47(53)48(8,10-2)40-21-27(3)19-32-13-11-30(6)38(44(32)40)17-15-35-23-34(49)24-42(50)54-35/h11-14,19-20,27-31,34-41,44-45,49H,9-10,15-18,21-26H2,1-8H3/t27?,28-,29-,30?,31-,34?,35?,36-,37+,38?,39-,40?,41-,44?,45-,48?/m0/s1. The van der Waals surface area contributed by atoms with Crippen molar-refractivity contribution >= 4 is 23.9 Å². The van der Waals surface area contributed by atoms with E-state index in [-0.39, 0.29) is 102 Å². The summed E-state index contributed by atoms with van der Waals surface area (Å²) >= 11 is 0. The normalized spacial score (nSPS) is 39.2. The number of ether oxygens (including phenoxy) is 4. The zero-order valence-corrected chi connectivity index (χ0v) is 35.8. The monoisotopic (exact) mass is 791 g/mol. The number of hydrogen-bond acceptors (Lipinski definition) is 9. The van der Waals surface area contributed by atoms with Crippen LogP contribution in [0.15, 0.2) is 47.6 Å². The van der Waals surface area contributed by atoms with E-state index in [4.69, 9.17) is 18.9 Å². The van der Waals surface area contributed by atoms with Gasteiger partial charge in [0.15, 0.2) is 0 Å². The Bertz CT molecular complexity index is 1610. The van der Waals surface area contributed by atoms with Gasteiger partial charge in [0, 0.05) is 18.8 Å². The molecule has 0 radical (unpaired) electrons. The van der Waals surface area contributed by atoms with Crippen molar-refractivity contribution in [2.75, 3.05) is 0 Å². The van der Waals surface area contributed by atoms with Crippen molar-refractivity contribution in [1.29, 1.82) is 0 Å². The summed E-state index contributed by atoms with van der Waals surface area (Å²) in [5, 5.41) is 10.3. The molecule has 0 aromatic rings. The predicted octanol–water partition coefficient (Wildman–Crippen LogP) is 9.03. The van der Waals surface area contributed by atoms with E-state index in [0.29, 0.717) is 43.9 Å². The fourth-order valence-corrected chi connectivity index (χ4v) is 11.2. The number of hydrogen-bond donors (Lipinski definition) is 1. The second kappa shape index (κ2) is 18.4. The number of aliphatic hydroxyl groups excluding tert-OH is 1. The minimum atomic E-state index is -0.779. The molecule has 0 aromatic carbocycles. The SMILES string of the molecule is CC[C@H](C)C(=O)O[C@H]1C[C@@H](C)C=C2C=C[C@H](C)[C@H](CC[C@H]3C[C@@H](OC(=O)C(C)(CC)C4CC(C)C=C5C=CC(C)C(CCC6CC(O)CC(=O)O6)C54)CC(=O)O3)[C@H]21. The predicted molar refractivity (Wildman–Crippen MR) is 218 cm³/mol. The lowest BCUT2D eigenvalue weighted by Gasteiger charge is -2.50. The number of carbonyl (C=O) groups excluding carboxylic acids is 4. The van der Waals surface area contributed by atoms with Crippen LogP contribution >= 0.6 is 0 Å². The number of cyclic esters (lactones) is 2.